The molecule has 0 unspecified atom stereocenters. The summed E-state index contributed by atoms with van der Waals surface area (Å²) in [7, 11) is 1.69. The van der Waals surface area contributed by atoms with E-state index in [2.05, 4.69) is 15.8 Å². The zero-order chi connectivity index (χ0) is 15.2. The molecule has 1 aromatic heterocycles. The van der Waals surface area contributed by atoms with Gasteiger partial charge in [0.15, 0.2) is 5.11 Å². The highest BCUT2D eigenvalue weighted by Crippen LogP contribution is 2.18. The number of thiocarbonyl (C=S) groups is 1. The Morgan fingerprint density at radius 2 is 2.24 bits per heavy atom. The van der Waals surface area contributed by atoms with Gasteiger partial charge in [0, 0.05) is 25.4 Å². The molecule has 0 aliphatic heterocycles. The van der Waals surface area contributed by atoms with Gasteiger partial charge < -0.3 is 9.88 Å². The maximum atomic E-state index is 10.8. The van der Waals surface area contributed by atoms with Crippen LogP contribution in [0.1, 0.15) is 5.69 Å². The Hall–Kier alpha value is -2.74. The number of hydrogen-bond acceptors (Lipinski definition) is 4. The van der Waals surface area contributed by atoms with Gasteiger partial charge in [0.05, 0.1) is 22.5 Å². The molecule has 108 valence electrons. The van der Waals surface area contributed by atoms with E-state index >= 15 is 0 Å². The minimum Gasteiger partial charge on any atom is -0.364 e. The third kappa shape index (κ3) is 3.63. The quantitative estimate of drug-likeness (QED) is 0.389. The van der Waals surface area contributed by atoms with Crippen LogP contribution in [0, 0.1) is 10.1 Å². The van der Waals surface area contributed by atoms with Gasteiger partial charge in [0.2, 0.25) is 0 Å². The zero-order valence-electron chi connectivity index (χ0n) is 11.2. The number of nitrogens with one attached hydrogen (secondary N) is 2. The summed E-state index contributed by atoms with van der Waals surface area (Å²) in [5.74, 6) is 0. The molecule has 0 aliphatic carbocycles. The van der Waals surface area contributed by atoms with E-state index in [9.17, 15) is 10.1 Å². The smallest absolute Gasteiger partial charge is 0.271 e. The van der Waals surface area contributed by atoms with Crippen LogP contribution < -0.4 is 10.7 Å². The number of nitro groups is 1. The lowest BCUT2D eigenvalue weighted by Gasteiger charge is -2.06. The van der Waals surface area contributed by atoms with E-state index in [-0.39, 0.29) is 5.69 Å². The second-order valence-electron chi connectivity index (χ2n) is 4.03. The molecular formula is C13H13N5O2S. The normalized spacial score (nSPS) is 10.5. The van der Waals surface area contributed by atoms with Gasteiger partial charge in [-0.3, -0.25) is 15.5 Å². The molecule has 0 atom stereocenters. The van der Waals surface area contributed by atoms with Gasteiger partial charge in [-0.25, -0.2) is 0 Å². The van der Waals surface area contributed by atoms with Gasteiger partial charge in [0.25, 0.3) is 5.69 Å². The van der Waals surface area contributed by atoms with E-state index in [1.165, 1.54) is 12.1 Å². The van der Waals surface area contributed by atoms with Gasteiger partial charge in [-0.2, -0.15) is 5.10 Å². The molecule has 2 aromatic rings. The Balaban J connectivity index is 2.26. The van der Waals surface area contributed by atoms with Crippen molar-refractivity contribution in [2.24, 2.45) is 5.10 Å². The summed E-state index contributed by atoms with van der Waals surface area (Å²) in [6.07, 6.45) is 3.39. The van der Waals surface area contributed by atoms with Crippen LogP contribution in [0.2, 0.25) is 0 Å². The molecule has 2 rings (SSSR count). The molecule has 7 nitrogen and oxygen atoms in total. The van der Waals surface area contributed by atoms with Gasteiger partial charge in [0.1, 0.15) is 0 Å². The van der Waals surface area contributed by atoms with Crippen LogP contribution in [0.5, 0.6) is 0 Å². The molecule has 0 bridgehead atoms. The van der Waals surface area contributed by atoms with Crippen LogP contribution in [0.25, 0.3) is 5.69 Å². The molecule has 0 spiro atoms. The lowest BCUT2D eigenvalue weighted by molar-refractivity contribution is -0.384. The van der Waals surface area contributed by atoms with Crippen molar-refractivity contribution in [3.8, 4) is 5.69 Å². The summed E-state index contributed by atoms with van der Waals surface area (Å²) in [6, 6.07) is 10.1. The van der Waals surface area contributed by atoms with Crippen molar-refractivity contribution in [3.63, 3.8) is 0 Å². The minimum atomic E-state index is -0.423. The van der Waals surface area contributed by atoms with Crippen molar-refractivity contribution < 1.29 is 4.92 Å². The standard InChI is InChI=1S/C13H13N5O2S/c1-14-13(21)16-15-9-12-6-3-7-17(12)10-4-2-5-11(8-10)18(19)20/h2-9H,1H3,(H2,14,16,21)/b15-9+. The summed E-state index contributed by atoms with van der Waals surface area (Å²) < 4.78 is 1.79. The zero-order valence-corrected chi connectivity index (χ0v) is 12.0. The van der Waals surface area contributed by atoms with Crippen molar-refractivity contribution in [1.29, 1.82) is 0 Å². The van der Waals surface area contributed by atoms with E-state index in [0.717, 1.165) is 5.69 Å². The number of hydrazone groups is 1. The fraction of sp³-hybridized carbons (Fsp3) is 0.0769. The Morgan fingerprint density at radius 3 is 2.95 bits per heavy atom. The molecule has 8 heteroatoms. The molecule has 1 heterocycles. The molecule has 1 aromatic carbocycles. The Labute approximate surface area is 126 Å². The van der Waals surface area contributed by atoms with E-state index in [1.807, 2.05) is 12.1 Å². The molecular weight excluding hydrogens is 290 g/mol. The first-order chi connectivity index (χ1) is 10.1. The van der Waals surface area contributed by atoms with Crippen molar-refractivity contribution >= 4 is 29.2 Å². The number of rotatable bonds is 4. The van der Waals surface area contributed by atoms with Crippen LogP contribution in [0.4, 0.5) is 5.69 Å². The number of non-ortho nitro benzene ring substituents is 1. The molecule has 2 N–H and O–H groups in total. The van der Waals surface area contributed by atoms with Gasteiger partial charge in [-0.1, -0.05) is 6.07 Å². The first kappa shape index (κ1) is 14.7. The highest BCUT2D eigenvalue weighted by Gasteiger charge is 2.08. The fourth-order valence-corrected chi connectivity index (χ4v) is 1.76. The Morgan fingerprint density at radius 1 is 1.43 bits per heavy atom. The monoisotopic (exact) mass is 303 g/mol. The topological polar surface area (TPSA) is 84.5 Å². The third-order valence-electron chi connectivity index (χ3n) is 2.69. The maximum absolute atomic E-state index is 10.8. The second-order valence-corrected chi connectivity index (χ2v) is 4.44. The largest absolute Gasteiger partial charge is 0.364 e. The lowest BCUT2D eigenvalue weighted by Crippen LogP contribution is -2.28. The highest BCUT2D eigenvalue weighted by atomic mass is 32.1. The fourth-order valence-electron chi connectivity index (χ4n) is 1.70. The number of aromatic nitrogens is 1. The van der Waals surface area contributed by atoms with Crippen molar-refractivity contribution in [1.82, 2.24) is 15.3 Å². The van der Waals surface area contributed by atoms with Gasteiger partial charge >= 0.3 is 0 Å². The van der Waals surface area contributed by atoms with Gasteiger partial charge in [-0.15, -0.1) is 0 Å². The SMILES string of the molecule is CNC(=S)N/N=C/c1cccn1-c1cccc([N+](=O)[O-])c1. The molecule has 21 heavy (non-hydrogen) atoms. The van der Waals surface area contributed by atoms with Crippen LogP contribution in [-0.4, -0.2) is 27.9 Å². The van der Waals surface area contributed by atoms with E-state index in [0.29, 0.717) is 10.8 Å². The van der Waals surface area contributed by atoms with Crippen LogP contribution in [0.3, 0.4) is 0 Å². The predicted octanol–water partition coefficient (Wildman–Crippen LogP) is 1.81. The number of benzene rings is 1. The van der Waals surface area contributed by atoms with Gasteiger partial charge in [-0.05, 0) is 30.4 Å². The molecule has 0 aliphatic rings. The summed E-state index contributed by atoms with van der Waals surface area (Å²) in [4.78, 5) is 10.4. The Bertz CT molecular complexity index is 695. The van der Waals surface area contributed by atoms with Crippen LogP contribution in [0.15, 0.2) is 47.7 Å². The average Bonchev–Trinajstić information content (AvgIpc) is 2.95. The summed E-state index contributed by atoms with van der Waals surface area (Å²) in [6.45, 7) is 0. The van der Waals surface area contributed by atoms with E-state index < -0.39 is 4.92 Å². The Kier molecular flexibility index (Phi) is 4.62. The highest BCUT2D eigenvalue weighted by molar-refractivity contribution is 7.80. The first-order valence-corrected chi connectivity index (χ1v) is 6.45. The lowest BCUT2D eigenvalue weighted by atomic mass is 10.2. The maximum Gasteiger partial charge on any atom is 0.271 e. The number of nitrogens with zero attached hydrogens (tertiary/aromatic N) is 3. The summed E-state index contributed by atoms with van der Waals surface area (Å²) in [5.41, 5.74) is 4.14. The summed E-state index contributed by atoms with van der Waals surface area (Å²) >= 11 is 4.90. The average molecular weight is 303 g/mol. The molecule has 0 saturated heterocycles. The molecule has 0 radical (unpaired) electrons. The summed E-state index contributed by atoms with van der Waals surface area (Å²) in [5, 5.41) is 18.0. The second kappa shape index (κ2) is 6.62. The van der Waals surface area contributed by atoms with Crippen molar-refractivity contribution in [2.75, 3.05) is 7.05 Å². The van der Waals surface area contributed by atoms with Crippen molar-refractivity contribution in [2.45, 2.75) is 0 Å². The van der Waals surface area contributed by atoms with E-state index in [1.54, 1.807) is 36.2 Å². The molecule has 0 amide bonds. The third-order valence-corrected chi connectivity index (χ3v) is 2.98. The van der Waals surface area contributed by atoms with Crippen LogP contribution in [-0.2, 0) is 0 Å². The molecule has 0 fully saturated rings. The van der Waals surface area contributed by atoms with Crippen molar-refractivity contribution in [3.05, 3.63) is 58.4 Å². The number of hydrogen-bond donors (Lipinski definition) is 2. The minimum absolute atomic E-state index is 0.0403. The molecule has 0 saturated carbocycles. The van der Waals surface area contributed by atoms with Crippen LogP contribution >= 0.6 is 12.2 Å². The predicted molar refractivity (Wildman–Crippen MR) is 84.8 cm³/mol. The number of nitro benzene ring substituents is 1. The van der Waals surface area contributed by atoms with E-state index in [4.69, 9.17) is 12.2 Å². The first-order valence-electron chi connectivity index (χ1n) is 6.05.